The Morgan fingerprint density at radius 3 is 2.07 bits per heavy atom. The molecule has 1 unspecified atom stereocenters. The maximum absolute atomic E-state index is 12.7. The van der Waals surface area contributed by atoms with Gasteiger partial charge in [-0.15, -0.1) is 0 Å². The van der Waals surface area contributed by atoms with Crippen LogP contribution in [0.15, 0.2) is 36.4 Å². The molecule has 28 heavy (non-hydrogen) atoms. The van der Waals surface area contributed by atoms with E-state index >= 15 is 0 Å². The summed E-state index contributed by atoms with van der Waals surface area (Å²) in [5, 5.41) is 0. The second-order valence-corrected chi connectivity index (χ2v) is 9.80. The fourth-order valence-corrected chi connectivity index (χ4v) is 5.31. The number of benzene rings is 2. The number of carbonyl (C=O) groups is 1. The Bertz CT molecular complexity index is 809. The predicted octanol–water partition coefficient (Wildman–Crippen LogP) is 7.20. The zero-order chi connectivity index (χ0) is 20.5. The van der Waals surface area contributed by atoms with E-state index in [0.717, 1.165) is 36.0 Å². The maximum atomic E-state index is 12.7. The molecule has 2 rings (SSSR count). The van der Waals surface area contributed by atoms with E-state index in [4.69, 9.17) is 0 Å². The Kier molecular flexibility index (Phi) is 9.19. The molecule has 0 fully saturated rings. The van der Waals surface area contributed by atoms with Gasteiger partial charge in [-0.3, -0.25) is 4.79 Å². The Morgan fingerprint density at radius 1 is 0.786 bits per heavy atom. The highest BCUT2D eigenvalue weighted by Crippen LogP contribution is 2.33. The van der Waals surface area contributed by atoms with Crippen molar-refractivity contribution < 1.29 is 9.36 Å². The number of hydrogen-bond donors (Lipinski definition) is 0. The lowest BCUT2D eigenvalue weighted by molar-refractivity contribution is 0.107. The van der Waals surface area contributed by atoms with Gasteiger partial charge >= 0.3 is 0 Å². The van der Waals surface area contributed by atoms with Crippen LogP contribution in [0.3, 0.4) is 0 Å². The van der Waals surface area contributed by atoms with E-state index in [9.17, 15) is 9.36 Å². The molecule has 0 spiro atoms. The van der Waals surface area contributed by atoms with Crippen molar-refractivity contribution in [2.75, 3.05) is 6.16 Å². The number of carbonyl (C=O) groups excluding carboxylic acids is 1. The predicted molar refractivity (Wildman–Crippen MR) is 121 cm³/mol. The molecule has 0 aliphatic carbocycles. The van der Waals surface area contributed by atoms with E-state index in [2.05, 4.69) is 37.3 Å². The first kappa shape index (κ1) is 22.6. The summed E-state index contributed by atoms with van der Waals surface area (Å²) >= 11 is 0. The van der Waals surface area contributed by atoms with E-state index in [1.807, 2.05) is 26.8 Å². The van der Waals surface area contributed by atoms with Crippen molar-refractivity contribution in [2.45, 2.75) is 72.6 Å². The third-order valence-corrected chi connectivity index (χ3v) is 7.36. The third-order valence-electron chi connectivity index (χ3n) is 5.80. The average molecular weight is 399 g/mol. The van der Waals surface area contributed by atoms with Crippen LogP contribution in [-0.4, -0.2) is 11.7 Å². The van der Waals surface area contributed by atoms with Crippen LogP contribution in [0, 0.1) is 27.7 Å². The molecular formula is C25H35O2P. The molecule has 2 nitrogen and oxygen atoms in total. The molecule has 0 radical (unpaired) electrons. The molecule has 0 amide bonds. The second-order valence-electron chi connectivity index (χ2n) is 7.99. The molecule has 2 aromatic carbocycles. The zero-order valence-electron chi connectivity index (χ0n) is 17.9. The molecule has 0 heterocycles. The zero-order valence-corrected chi connectivity index (χ0v) is 18.9. The highest BCUT2D eigenvalue weighted by Gasteiger charge is 2.20. The number of rotatable bonds is 11. The van der Waals surface area contributed by atoms with Crippen molar-refractivity contribution in [3.63, 3.8) is 0 Å². The summed E-state index contributed by atoms with van der Waals surface area (Å²) in [4.78, 5) is 12.7. The topological polar surface area (TPSA) is 34.1 Å². The summed E-state index contributed by atoms with van der Waals surface area (Å²) in [6.45, 7) is 8.03. The average Bonchev–Trinajstić information content (AvgIpc) is 2.68. The summed E-state index contributed by atoms with van der Waals surface area (Å²) in [6.07, 6.45) is 8.52. The fraction of sp³-hybridized carbons (Fsp3) is 0.480. The highest BCUT2D eigenvalue weighted by molar-refractivity contribution is 7.64. The molecule has 0 aliphatic rings. The molecule has 0 saturated heterocycles. The van der Waals surface area contributed by atoms with Crippen molar-refractivity contribution in [1.82, 2.24) is 0 Å². The first-order valence-corrected chi connectivity index (χ1v) is 12.2. The number of hydrogen-bond acceptors (Lipinski definition) is 2. The lowest BCUT2D eigenvalue weighted by Crippen LogP contribution is -2.05. The quantitative estimate of drug-likeness (QED) is 0.296. The van der Waals surface area contributed by atoms with Crippen LogP contribution in [0.1, 0.15) is 76.7 Å². The Hall–Kier alpha value is -1.66. The first-order chi connectivity index (χ1) is 13.4. The van der Waals surface area contributed by atoms with Crippen LogP contribution < -0.4 is 0 Å². The smallest absolute Gasteiger partial charge is 0.219 e. The lowest BCUT2D eigenvalue weighted by atomic mass is 9.95. The van der Waals surface area contributed by atoms with Gasteiger partial charge in [0.05, 0.1) is 0 Å². The molecule has 1 atom stereocenters. The summed E-state index contributed by atoms with van der Waals surface area (Å²) < 4.78 is 12.6. The minimum atomic E-state index is -2.21. The van der Waals surface area contributed by atoms with E-state index in [-0.39, 0.29) is 5.52 Å². The number of unbranched alkanes of at least 4 members (excludes halogenated alkanes) is 5. The minimum absolute atomic E-state index is 0.119. The Balaban J connectivity index is 1.67. The summed E-state index contributed by atoms with van der Waals surface area (Å²) in [6, 6.07) is 12.7. The third kappa shape index (κ3) is 6.45. The van der Waals surface area contributed by atoms with Crippen molar-refractivity contribution in [2.24, 2.45) is 0 Å². The standard InChI is InChI=1S/C25H35O2P/c1-19-18-20(2)24(22(4)21(19)3)25(26)28(27)17-13-8-6-5-7-10-14-23-15-11-9-12-16-23/h9,11-12,15-16,18,28H,5-8,10,13-14,17H2,1-4H3. The van der Waals surface area contributed by atoms with E-state index in [1.165, 1.54) is 36.8 Å². The van der Waals surface area contributed by atoms with Crippen LogP contribution in [0.2, 0.25) is 0 Å². The maximum Gasteiger partial charge on any atom is 0.219 e. The molecule has 0 bridgehead atoms. The van der Waals surface area contributed by atoms with Crippen molar-refractivity contribution in [3.8, 4) is 0 Å². The van der Waals surface area contributed by atoms with Crippen LogP contribution in [0.25, 0.3) is 0 Å². The normalized spacial score (nSPS) is 12.1. The molecule has 3 heteroatoms. The van der Waals surface area contributed by atoms with Gasteiger partial charge in [0.1, 0.15) is 7.80 Å². The molecule has 0 aromatic heterocycles. The molecule has 0 N–H and O–H groups in total. The lowest BCUT2D eigenvalue weighted by Gasteiger charge is -2.14. The fourth-order valence-electron chi connectivity index (χ4n) is 3.85. The van der Waals surface area contributed by atoms with Crippen molar-refractivity contribution in [1.29, 1.82) is 0 Å². The molecule has 152 valence electrons. The van der Waals surface area contributed by atoms with Gasteiger partial charge in [0, 0.05) is 11.7 Å². The van der Waals surface area contributed by atoms with Gasteiger partial charge in [-0.2, -0.15) is 0 Å². The summed E-state index contributed by atoms with van der Waals surface area (Å²) in [7, 11) is -2.21. The van der Waals surface area contributed by atoms with Gasteiger partial charge in [-0.1, -0.05) is 62.1 Å². The van der Waals surface area contributed by atoms with Crippen LogP contribution in [-0.2, 0) is 11.0 Å². The second kappa shape index (κ2) is 11.4. The first-order valence-electron chi connectivity index (χ1n) is 10.6. The molecular weight excluding hydrogens is 363 g/mol. The van der Waals surface area contributed by atoms with Gasteiger partial charge in [0.15, 0.2) is 0 Å². The highest BCUT2D eigenvalue weighted by atomic mass is 31.1. The Labute approximate surface area is 171 Å². The van der Waals surface area contributed by atoms with E-state index in [1.54, 1.807) is 0 Å². The van der Waals surface area contributed by atoms with E-state index < -0.39 is 7.80 Å². The van der Waals surface area contributed by atoms with Gasteiger partial charge in [0.25, 0.3) is 0 Å². The van der Waals surface area contributed by atoms with Crippen molar-refractivity contribution >= 4 is 13.3 Å². The Morgan fingerprint density at radius 2 is 1.39 bits per heavy atom. The molecule has 0 aliphatic heterocycles. The molecule has 0 saturated carbocycles. The van der Waals surface area contributed by atoms with Crippen LogP contribution in [0.4, 0.5) is 0 Å². The van der Waals surface area contributed by atoms with Gasteiger partial charge in [-0.25, -0.2) is 0 Å². The van der Waals surface area contributed by atoms with Gasteiger partial charge in [0.2, 0.25) is 5.52 Å². The summed E-state index contributed by atoms with van der Waals surface area (Å²) in [5.74, 6) is 0. The van der Waals surface area contributed by atoms with Crippen LogP contribution in [0.5, 0.6) is 0 Å². The van der Waals surface area contributed by atoms with E-state index in [0.29, 0.717) is 11.7 Å². The summed E-state index contributed by atoms with van der Waals surface area (Å²) in [5.41, 5.74) is 6.29. The van der Waals surface area contributed by atoms with Crippen molar-refractivity contribution in [3.05, 3.63) is 69.8 Å². The van der Waals surface area contributed by atoms with Gasteiger partial charge in [-0.05, 0) is 74.8 Å². The minimum Gasteiger partial charge on any atom is -0.318 e. The molecule has 2 aromatic rings. The van der Waals surface area contributed by atoms with Crippen LogP contribution >= 0.6 is 7.80 Å². The largest absolute Gasteiger partial charge is 0.318 e. The monoisotopic (exact) mass is 398 g/mol. The number of aryl methyl sites for hydroxylation is 3. The van der Waals surface area contributed by atoms with Gasteiger partial charge < -0.3 is 4.57 Å². The SMILES string of the molecule is Cc1cc(C)c(C(=O)[PH](=O)CCCCCCCCc2ccccc2)c(C)c1C.